The molecule has 0 atom stereocenters. The molecule has 2 rings (SSSR count). The van der Waals surface area contributed by atoms with Gasteiger partial charge >= 0.3 is 12.1 Å². The molecule has 0 bridgehead atoms. The largest absolute Gasteiger partial charge is 0.457 e. The van der Waals surface area contributed by atoms with Gasteiger partial charge in [-0.3, -0.25) is 0 Å². The highest BCUT2D eigenvalue weighted by Gasteiger charge is 2.33. The fourth-order valence-electron chi connectivity index (χ4n) is 2.51. The first-order chi connectivity index (χ1) is 13.5. The van der Waals surface area contributed by atoms with Gasteiger partial charge in [0.05, 0.1) is 23.2 Å². The number of carbonyl (C=O) groups is 1. The van der Waals surface area contributed by atoms with Gasteiger partial charge in [-0.05, 0) is 61.7 Å². The number of hydrogen-bond donors (Lipinski definition) is 0. The molecule has 0 amide bonds. The van der Waals surface area contributed by atoms with Crippen LogP contribution in [0.4, 0.5) is 23.2 Å². The summed E-state index contributed by atoms with van der Waals surface area (Å²) in [5.74, 6) is -2.05. The summed E-state index contributed by atoms with van der Waals surface area (Å²) in [5.41, 5.74) is 1.21. The smallest absolute Gasteiger partial charge is 0.419 e. The summed E-state index contributed by atoms with van der Waals surface area (Å²) in [4.78, 5) is 18.7. The number of rotatable bonds is 6. The number of hydrogen-bond acceptors (Lipinski definition) is 3. The fraction of sp³-hybridized carbons (Fsp3) is 0.333. The molecule has 0 aromatic heterocycles. The standard InChI is InChI=1S/C21H22F4N2O2/c1-5-27(4)12-26-19-9-13(2)16(8-14(19)3)20(28)29-11-15-6-7-17(18(22)10-15)21(23,24)25/h6-10,12H,5,11H2,1-4H3/b26-12+. The lowest BCUT2D eigenvalue weighted by Gasteiger charge is -2.12. The van der Waals surface area contributed by atoms with E-state index in [1.807, 2.05) is 18.9 Å². The number of aryl methyl sites for hydroxylation is 2. The monoisotopic (exact) mass is 410 g/mol. The van der Waals surface area contributed by atoms with E-state index in [0.29, 0.717) is 22.9 Å². The van der Waals surface area contributed by atoms with Crippen LogP contribution in [0.15, 0.2) is 35.3 Å². The predicted molar refractivity (Wildman–Crippen MR) is 103 cm³/mol. The average Bonchev–Trinajstić information content (AvgIpc) is 2.65. The lowest BCUT2D eigenvalue weighted by atomic mass is 10.0. The van der Waals surface area contributed by atoms with Crippen LogP contribution in [-0.2, 0) is 17.5 Å². The topological polar surface area (TPSA) is 41.9 Å². The number of halogens is 4. The molecular formula is C21H22F4N2O2. The number of benzene rings is 2. The second-order valence-electron chi connectivity index (χ2n) is 6.66. The minimum atomic E-state index is -4.77. The van der Waals surface area contributed by atoms with Crippen LogP contribution in [0.1, 0.15) is 39.5 Å². The maximum absolute atomic E-state index is 13.6. The van der Waals surface area contributed by atoms with E-state index in [0.717, 1.165) is 24.2 Å². The van der Waals surface area contributed by atoms with Crippen molar-refractivity contribution in [2.45, 2.75) is 33.6 Å². The molecule has 0 saturated heterocycles. The van der Waals surface area contributed by atoms with E-state index in [1.165, 1.54) is 0 Å². The number of aliphatic imine (C=N–C) groups is 1. The summed E-state index contributed by atoms with van der Waals surface area (Å²) < 4.78 is 56.6. The Labute approximate surface area is 166 Å². The lowest BCUT2D eigenvalue weighted by Crippen LogP contribution is -2.14. The number of alkyl halides is 3. The van der Waals surface area contributed by atoms with Gasteiger partial charge in [-0.15, -0.1) is 0 Å². The predicted octanol–water partition coefficient (Wildman–Crippen LogP) is 5.43. The summed E-state index contributed by atoms with van der Waals surface area (Å²) in [6.07, 6.45) is -3.08. The third kappa shape index (κ3) is 5.79. The van der Waals surface area contributed by atoms with E-state index < -0.39 is 23.5 Å². The van der Waals surface area contributed by atoms with Gasteiger partial charge in [-0.2, -0.15) is 13.2 Å². The Kier molecular flexibility index (Phi) is 7.00. The first-order valence-corrected chi connectivity index (χ1v) is 8.91. The van der Waals surface area contributed by atoms with Crippen molar-refractivity contribution < 1.29 is 27.1 Å². The van der Waals surface area contributed by atoms with Crippen molar-refractivity contribution in [2.24, 2.45) is 4.99 Å². The van der Waals surface area contributed by atoms with Crippen LogP contribution in [0.5, 0.6) is 0 Å². The van der Waals surface area contributed by atoms with Crippen LogP contribution >= 0.6 is 0 Å². The van der Waals surface area contributed by atoms with Crippen molar-refractivity contribution in [1.82, 2.24) is 4.90 Å². The molecule has 156 valence electrons. The summed E-state index contributed by atoms with van der Waals surface area (Å²) in [6, 6.07) is 5.83. The number of carbonyl (C=O) groups excluding carboxylic acids is 1. The van der Waals surface area contributed by atoms with Gasteiger partial charge < -0.3 is 9.64 Å². The van der Waals surface area contributed by atoms with Gasteiger partial charge in [-0.25, -0.2) is 14.2 Å². The van der Waals surface area contributed by atoms with Gasteiger partial charge in [0.15, 0.2) is 0 Å². The molecule has 8 heteroatoms. The molecule has 29 heavy (non-hydrogen) atoms. The maximum atomic E-state index is 13.6. The molecule has 0 saturated carbocycles. The van der Waals surface area contributed by atoms with E-state index in [2.05, 4.69) is 4.99 Å². The van der Waals surface area contributed by atoms with E-state index >= 15 is 0 Å². The van der Waals surface area contributed by atoms with Crippen LogP contribution in [0, 0.1) is 19.7 Å². The summed E-state index contributed by atoms with van der Waals surface area (Å²) in [5, 5.41) is 0. The molecule has 0 radical (unpaired) electrons. The second kappa shape index (κ2) is 9.07. The summed E-state index contributed by atoms with van der Waals surface area (Å²) in [7, 11) is 1.89. The first kappa shape index (κ1) is 22.4. The SMILES string of the molecule is CCN(C)/C=N/c1cc(C)c(C(=O)OCc2ccc(C(F)(F)F)c(F)c2)cc1C. The Bertz CT molecular complexity index is 924. The Morgan fingerprint density at radius 3 is 2.45 bits per heavy atom. The Hall–Kier alpha value is -2.90. The van der Waals surface area contributed by atoms with Crippen LogP contribution in [0.2, 0.25) is 0 Å². The number of nitrogens with zero attached hydrogens (tertiary/aromatic N) is 2. The number of ether oxygens (including phenoxy) is 1. The van der Waals surface area contributed by atoms with Crippen LogP contribution < -0.4 is 0 Å². The lowest BCUT2D eigenvalue weighted by molar-refractivity contribution is -0.140. The molecule has 4 nitrogen and oxygen atoms in total. The third-order valence-corrected chi connectivity index (χ3v) is 4.36. The molecule has 0 unspecified atom stereocenters. The summed E-state index contributed by atoms with van der Waals surface area (Å²) in [6.45, 7) is 5.99. The Morgan fingerprint density at radius 1 is 1.17 bits per heavy atom. The van der Waals surface area contributed by atoms with Crippen molar-refractivity contribution in [3.63, 3.8) is 0 Å². The quantitative estimate of drug-likeness (QED) is 0.276. The minimum absolute atomic E-state index is 0.127. The zero-order valence-electron chi connectivity index (χ0n) is 16.6. The average molecular weight is 410 g/mol. The zero-order valence-corrected chi connectivity index (χ0v) is 16.6. The van der Waals surface area contributed by atoms with Crippen LogP contribution in [-0.4, -0.2) is 30.8 Å². The Balaban J connectivity index is 2.12. The molecule has 2 aromatic carbocycles. The Morgan fingerprint density at radius 2 is 1.86 bits per heavy atom. The maximum Gasteiger partial charge on any atom is 0.419 e. The van der Waals surface area contributed by atoms with Gasteiger partial charge in [0, 0.05) is 13.6 Å². The molecular weight excluding hydrogens is 388 g/mol. The molecule has 0 aliphatic heterocycles. The van der Waals surface area contributed by atoms with Crippen LogP contribution in [0.3, 0.4) is 0 Å². The van der Waals surface area contributed by atoms with Gasteiger partial charge in [0.25, 0.3) is 0 Å². The van der Waals surface area contributed by atoms with Gasteiger partial charge in [0.1, 0.15) is 12.4 Å². The normalized spacial score (nSPS) is 11.7. The van der Waals surface area contributed by atoms with Crippen molar-refractivity contribution in [3.05, 3.63) is 64.0 Å². The number of esters is 1. The van der Waals surface area contributed by atoms with E-state index in [-0.39, 0.29) is 12.2 Å². The third-order valence-electron chi connectivity index (χ3n) is 4.36. The fourth-order valence-corrected chi connectivity index (χ4v) is 2.51. The molecule has 0 spiro atoms. The molecule has 0 fully saturated rings. The van der Waals surface area contributed by atoms with Crippen molar-refractivity contribution in [3.8, 4) is 0 Å². The van der Waals surface area contributed by atoms with Crippen molar-refractivity contribution in [1.29, 1.82) is 0 Å². The molecule has 2 aromatic rings. The molecule has 0 aliphatic carbocycles. The van der Waals surface area contributed by atoms with Gasteiger partial charge in [-0.1, -0.05) is 6.07 Å². The molecule has 0 heterocycles. The van der Waals surface area contributed by atoms with E-state index in [9.17, 15) is 22.4 Å². The zero-order chi connectivity index (χ0) is 21.8. The minimum Gasteiger partial charge on any atom is -0.457 e. The highest BCUT2D eigenvalue weighted by atomic mass is 19.4. The second-order valence-corrected chi connectivity index (χ2v) is 6.66. The van der Waals surface area contributed by atoms with E-state index in [1.54, 1.807) is 32.3 Å². The van der Waals surface area contributed by atoms with Gasteiger partial charge in [0.2, 0.25) is 0 Å². The van der Waals surface area contributed by atoms with Crippen LogP contribution in [0.25, 0.3) is 0 Å². The van der Waals surface area contributed by atoms with E-state index in [4.69, 9.17) is 4.74 Å². The summed E-state index contributed by atoms with van der Waals surface area (Å²) >= 11 is 0. The highest BCUT2D eigenvalue weighted by Crippen LogP contribution is 2.31. The first-order valence-electron chi connectivity index (χ1n) is 8.91. The molecule has 0 N–H and O–H groups in total. The highest BCUT2D eigenvalue weighted by molar-refractivity contribution is 5.92. The molecule has 0 aliphatic rings. The van der Waals surface area contributed by atoms with Crippen molar-refractivity contribution in [2.75, 3.05) is 13.6 Å². The van der Waals surface area contributed by atoms with Crippen molar-refractivity contribution >= 4 is 18.0 Å².